The number of halogens is 2. The molecule has 0 unspecified atom stereocenters. The van der Waals surface area contributed by atoms with Gasteiger partial charge in [0.05, 0.1) is 5.69 Å². The number of aryl methyl sites for hydroxylation is 2. The van der Waals surface area contributed by atoms with Crippen molar-refractivity contribution in [2.75, 3.05) is 0 Å². The lowest BCUT2D eigenvalue weighted by atomic mass is 10.2. The first-order chi connectivity index (χ1) is 8.69. The molecule has 0 saturated carbocycles. The van der Waals surface area contributed by atoms with Gasteiger partial charge >= 0.3 is 0 Å². The number of hydrogen-bond donors (Lipinski definition) is 0. The van der Waals surface area contributed by atoms with E-state index in [0.717, 1.165) is 40.2 Å². The average Bonchev–Trinajstić information content (AvgIpc) is 2.82. The number of alkyl halides is 1. The Morgan fingerprint density at radius 2 is 2.06 bits per heavy atom. The van der Waals surface area contributed by atoms with Crippen LogP contribution in [-0.2, 0) is 18.7 Å². The Morgan fingerprint density at radius 3 is 2.61 bits per heavy atom. The van der Waals surface area contributed by atoms with Crippen molar-refractivity contribution >= 4 is 27.5 Å². The maximum Gasteiger partial charge on any atom is 0.151 e. The highest BCUT2D eigenvalue weighted by atomic mass is 79.9. The molecule has 0 aliphatic carbocycles. The summed E-state index contributed by atoms with van der Waals surface area (Å²) in [5.74, 6) is 2.36. The Kier molecular flexibility index (Phi) is 4.40. The summed E-state index contributed by atoms with van der Waals surface area (Å²) in [7, 11) is 0. The molecule has 1 aromatic carbocycles. The number of hydrogen-bond acceptors (Lipinski definition) is 2. The molecule has 2 rings (SSSR count). The van der Waals surface area contributed by atoms with Gasteiger partial charge in [-0.05, 0) is 17.7 Å². The minimum Gasteiger partial charge on any atom is -0.218 e. The molecule has 3 nitrogen and oxygen atoms in total. The van der Waals surface area contributed by atoms with E-state index in [1.165, 1.54) is 0 Å². The molecule has 0 saturated heterocycles. The molecule has 0 bridgehead atoms. The van der Waals surface area contributed by atoms with Crippen molar-refractivity contribution in [3.05, 3.63) is 39.9 Å². The normalized spacial score (nSPS) is 10.9. The Bertz CT molecular complexity index is 551. The van der Waals surface area contributed by atoms with Crippen molar-refractivity contribution in [1.29, 1.82) is 0 Å². The van der Waals surface area contributed by atoms with Crippen LogP contribution in [0.25, 0.3) is 5.69 Å². The van der Waals surface area contributed by atoms with Crippen LogP contribution < -0.4 is 0 Å². The van der Waals surface area contributed by atoms with Gasteiger partial charge in [0.15, 0.2) is 5.82 Å². The molecule has 18 heavy (non-hydrogen) atoms. The second-order valence-corrected chi connectivity index (χ2v) is 5.09. The molecule has 1 heterocycles. The Hall–Kier alpha value is -0.870. The molecule has 0 aliphatic heterocycles. The first-order valence-electron chi connectivity index (χ1n) is 5.99. The summed E-state index contributed by atoms with van der Waals surface area (Å²) in [5, 5.41) is 4.52. The van der Waals surface area contributed by atoms with Crippen molar-refractivity contribution in [3.63, 3.8) is 0 Å². The summed E-state index contributed by atoms with van der Waals surface area (Å²) < 4.78 is 2.91. The van der Waals surface area contributed by atoms with Gasteiger partial charge in [0.25, 0.3) is 0 Å². The fraction of sp³-hybridized carbons (Fsp3) is 0.385. The molecule has 0 atom stereocenters. The van der Waals surface area contributed by atoms with E-state index in [1.807, 2.05) is 22.9 Å². The van der Waals surface area contributed by atoms with E-state index in [1.54, 1.807) is 0 Å². The monoisotopic (exact) mass is 327 g/mol. The number of aromatic nitrogens is 3. The molecule has 0 radical (unpaired) electrons. The second kappa shape index (κ2) is 5.85. The van der Waals surface area contributed by atoms with Gasteiger partial charge in [-0.15, -0.1) is 11.6 Å². The Labute approximate surface area is 120 Å². The summed E-state index contributed by atoms with van der Waals surface area (Å²) in [4.78, 5) is 4.51. The standard InChI is InChI=1S/C13H15BrClN3/c1-3-12-16-13(4-2)18(17-12)10-6-5-9(8-15)11(14)7-10/h5-7H,3-4,8H2,1-2H3. The average molecular weight is 329 g/mol. The van der Waals surface area contributed by atoms with Gasteiger partial charge in [-0.25, -0.2) is 9.67 Å². The van der Waals surface area contributed by atoms with Crippen LogP contribution in [0.5, 0.6) is 0 Å². The lowest BCUT2D eigenvalue weighted by Gasteiger charge is -2.07. The van der Waals surface area contributed by atoms with E-state index in [-0.39, 0.29) is 0 Å². The maximum atomic E-state index is 5.85. The van der Waals surface area contributed by atoms with Crippen molar-refractivity contribution in [1.82, 2.24) is 14.8 Å². The van der Waals surface area contributed by atoms with Gasteiger partial charge in [-0.3, -0.25) is 0 Å². The van der Waals surface area contributed by atoms with Crippen LogP contribution in [0.2, 0.25) is 0 Å². The van der Waals surface area contributed by atoms with E-state index < -0.39 is 0 Å². The van der Waals surface area contributed by atoms with Crippen molar-refractivity contribution in [2.24, 2.45) is 0 Å². The molecule has 2 aromatic rings. The van der Waals surface area contributed by atoms with Gasteiger partial charge < -0.3 is 0 Å². The summed E-state index contributed by atoms with van der Waals surface area (Å²) in [5.41, 5.74) is 2.09. The summed E-state index contributed by atoms with van der Waals surface area (Å²) in [6.45, 7) is 4.15. The van der Waals surface area contributed by atoms with Crippen LogP contribution in [0.3, 0.4) is 0 Å². The van der Waals surface area contributed by atoms with E-state index in [0.29, 0.717) is 5.88 Å². The van der Waals surface area contributed by atoms with Crippen molar-refractivity contribution in [3.8, 4) is 5.69 Å². The molecular weight excluding hydrogens is 314 g/mol. The summed E-state index contributed by atoms with van der Waals surface area (Å²) in [6, 6.07) is 6.07. The van der Waals surface area contributed by atoms with Gasteiger partial charge in [0, 0.05) is 23.2 Å². The zero-order valence-electron chi connectivity index (χ0n) is 10.5. The fourth-order valence-electron chi connectivity index (χ4n) is 1.75. The third-order valence-electron chi connectivity index (χ3n) is 2.78. The predicted molar refractivity (Wildman–Crippen MR) is 77.4 cm³/mol. The van der Waals surface area contributed by atoms with Crippen LogP contribution in [0.4, 0.5) is 0 Å². The summed E-state index contributed by atoms with van der Waals surface area (Å²) >= 11 is 9.38. The third-order valence-corrected chi connectivity index (χ3v) is 3.80. The molecule has 0 fully saturated rings. The van der Waals surface area contributed by atoms with Crippen molar-refractivity contribution < 1.29 is 0 Å². The zero-order chi connectivity index (χ0) is 13.1. The summed E-state index contributed by atoms with van der Waals surface area (Å²) in [6.07, 6.45) is 1.71. The molecule has 0 N–H and O–H groups in total. The molecule has 0 aliphatic rings. The predicted octanol–water partition coefficient (Wildman–Crippen LogP) is 3.89. The molecule has 96 valence electrons. The van der Waals surface area contributed by atoms with E-state index in [2.05, 4.69) is 39.9 Å². The van der Waals surface area contributed by atoms with Crippen LogP contribution in [-0.4, -0.2) is 14.8 Å². The molecule has 0 spiro atoms. The largest absolute Gasteiger partial charge is 0.218 e. The number of benzene rings is 1. The van der Waals surface area contributed by atoms with Crippen molar-refractivity contribution in [2.45, 2.75) is 32.6 Å². The van der Waals surface area contributed by atoms with E-state index in [4.69, 9.17) is 11.6 Å². The first kappa shape index (κ1) is 13.6. The van der Waals surface area contributed by atoms with Crippen LogP contribution >= 0.6 is 27.5 Å². The quantitative estimate of drug-likeness (QED) is 0.797. The number of rotatable bonds is 4. The van der Waals surface area contributed by atoms with Crippen LogP contribution in [0.1, 0.15) is 31.1 Å². The minimum absolute atomic E-state index is 0.499. The fourth-order valence-corrected chi connectivity index (χ4v) is 2.65. The van der Waals surface area contributed by atoms with Crippen LogP contribution in [0.15, 0.2) is 22.7 Å². The zero-order valence-corrected chi connectivity index (χ0v) is 12.8. The van der Waals surface area contributed by atoms with Gasteiger partial charge in [0.2, 0.25) is 0 Å². The second-order valence-electron chi connectivity index (χ2n) is 3.97. The SMILES string of the molecule is CCc1nc(CC)n(-c2ccc(CCl)c(Br)c2)n1. The highest BCUT2D eigenvalue weighted by molar-refractivity contribution is 9.10. The first-order valence-corrected chi connectivity index (χ1v) is 7.31. The number of nitrogens with zero attached hydrogens (tertiary/aromatic N) is 3. The lowest BCUT2D eigenvalue weighted by Crippen LogP contribution is -2.02. The lowest BCUT2D eigenvalue weighted by molar-refractivity contribution is 0.790. The van der Waals surface area contributed by atoms with E-state index in [9.17, 15) is 0 Å². The molecule has 0 amide bonds. The smallest absolute Gasteiger partial charge is 0.151 e. The minimum atomic E-state index is 0.499. The Morgan fingerprint density at radius 1 is 1.28 bits per heavy atom. The van der Waals surface area contributed by atoms with Gasteiger partial charge in [0.1, 0.15) is 5.82 Å². The highest BCUT2D eigenvalue weighted by Crippen LogP contribution is 2.23. The van der Waals surface area contributed by atoms with Crippen LogP contribution in [0, 0.1) is 0 Å². The molecule has 5 heteroatoms. The Balaban J connectivity index is 2.47. The highest BCUT2D eigenvalue weighted by Gasteiger charge is 2.10. The third kappa shape index (κ3) is 2.59. The van der Waals surface area contributed by atoms with Gasteiger partial charge in [-0.2, -0.15) is 5.10 Å². The maximum absolute atomic E-state index is 5.85. The topological polar surface area (TPSA) is 30.7 Å². The van der Waals surface area contributed by atoms with E-state index >= 15 is 0 Å². The molecule has 1 aromatic heterocycles. The van der Waals surface area contributed by atoms with Gasteiger partial charge in [-0.1, -0.05) is 35.8 Å². The molecular formula is C13H15BrClN3.